The van der Waals surface area contributed by atoms with E-state index >= 15 is 0 Å². The molecule has 0 N–H and O–H groups in total. The Morgan fingerprint density at radius 1 is 1.16 bits per heavy atom. The first kappa shape index (κ1) is 11.0. The van der Waals surface area contributed by atoms with Crippen LogP contribution in [0, 0.1) is 6.92 Å². The van der Waals surface area contributed by atoms with Crippen molar-refractivity contribution in [1.82, 2.24) is 4.98 Å². The van der Waals surface area contributed by atoms with Crippen molar-refractivity contribution in [3.05, 3.63) is 46.3 Å². The van der Waals surface area contributed by atoms with E-state index in [1.807, 2.05) is 0 Å². The van der Waals surface area contributed by atoms with Crippen molar-refractivity contribution in [3.63, 3.8) is 0 Å². The fourth-order valence-corrected chi connectivity index (χ4v) is 3.65. The summed E-state index contributed by atoms with van der Waals surface area (Å²) in [7, 11) is 0. The lowest BCUT2D eigenvalue weighted by Gasteiger charge is -2.23. The van der Waals surface area contributed by atoms with Gasteiger partial charge in [0.25, 0.3) is 0 Å². The van der Waals surface area contributed by atoms with E-state index in [2.05, 4.69) is 50.2 Å². The molecule has 0 saturated heterocycles. The lowest BCUT2D eigenvalue weighted by molar-refractivity contribution is 0.227. The molecule has 1 aromatic heterocycles. The molecule has 3 aromatic rings. The number of rotatable bonds is 0. The Labute approximate surface area is 115 Å². The Hall–Kier alpha value is -1.87. The zero-order valence-electron chi connectivity index (χ0n) is 10.8. The number of ether oxygens (including phenoxy) is 1. The van der Waals surface area contributed by atoms with Crippen LogP contribution < -0.4 is 4.74 Å². The van der Waals surface area contributed by atoms with Crippen LogP contribution in [-0.4, -0.2) is 4.98 Å². The molecule has 94 valence electrons. The third-order valence-corrected chi connectivity index (χ3v) is 4.69. The molecule has 0 aliphatic carbocycles. The van der Waals surface area contributed by atoms with Crippen molar-refractivity contribution in [2.45, 2.75) is 20.0 Å². The lowest BCUT2D eigenvalue weighted by atomic mass is 9.97. The summed E-state index contributed by atoms with van der Waals surface area (Å²) >= 11 is 1.73. The fraction of sp³-hybridized carbons (Fsp3) is 0.188. The van der Waals surface area contributed by atoms with Gasteiger partial charge in [-0.15, -0.1) is 11.3 Å². The van der Waals surface area contributed by atoms with E-state index in [0.29, 0.717) is 0 Å². The molecule has 2 nitrogen and oxygen atoms in total. The Balaban J connectivity index is 2.13. The van der Waals surface area contributed by atoms with Crippen LogP contribution in [0.15, 0.2) is 36.4 Å². The number of aromatic nitrogens is 1. The van der Waals surface area contributed by atoms with Crippen molar-refractivity contribution in [3.8, 4) is 17.0 Å². The van der Waals surface area contributed by atoms with E-state index in [4.69, 9.17) is 9.72 Å². The van der Waals surface area contributed by atoms with E-state index in [-0.39, 0.29) is 6.10 Å². The summed E-state index contributed by atoms with van der Waals surface area (Å²) in [6, 6.07) is 12.6. The molecule has 0 saturated carbocycles. The Morgan fingerprint density at radius 3 is 2.89 bits per heavy atom. The predicted molar refractivity (Wildman–Crippen MR) is 78.8 cm³/mol. The molecule has 1 unspecified atom stereocenters. The third-order valence-electron chi connectivity index (χ3n) is 3.56. The Morgan fingerprint density at radius 2 is 2.00 bits per heavy atom. The third kappa shape index (κ3) is 1.51. The van der Waals surface area contributed by atoms with Crippen LogP contribution in [-0.2, 0) is 0 Å². The zero-order chi connectivity index (χ0) is 13.0. The van der Waals surface area contributed by atoms with Gasteiger partial charge < -0.3 is 4.74 Å². The molecular weight excluding hydrogens is 254 g/mol. The maximum absolute atomic E-state index is 6.05. The molecule has 2 heterocycles. The van der Waals surface area contributed by atoms with Crippen molar-refractivity contribution in [2.75, 3.05) is 0 Å². The largest absolute Gasteiger partial charge is 0.484 e. The average Bonchev–Trinajstić information content (AvgIpc) is 2.80. The van der Waals surface area contributed by atoms with Gasteiger partial charge in [-0.25, -0.2) is 4.98 Å². The average molecular weight is 267 g/mol. The van der Waals surface area contributed by atoms with Crippen LogP contribution in [0.4, 0.5) is 0 Å². The monoisotopic (exact) mass is 267 g/mol. The second-order valence-electron chi connectivity index (χ2n) is 4.87. The highest BCUT2D eigenvalue weighted by Crippen LogP contribution is 2.47. The fourth-order valence-electron chi connectivity index (χ4n) is 2.74. The molecule has 0 spiro atoms. The molecule has 1 aliphatic heterocycles. The molecule has 3 heteroatoms. The molecule has 4 rings (SSSR count). The second kappa shape index (κ2) is 3.81. The quantitative estimate of drug-likeness (QED) is 0.587. The first-order chi connectivity index (χ1) is 9.24. The molecule has 19 heavy (non-hydrogen) atoms. The van der Waals surface area contributed by atoms with Gasteiger partial charge >= 0.3 is 0 Å². The first-order valence-electron chi connectivity index (χ1n) is 6.40. The van der Waals surface area contributed by atoms with Crippen LogP contribution in [0.2, 0.25) is 0 Å². The van der Waals surface area contributed by atoms with Crippen molar-refractivity contribution in [1.29, 1.82) is 0 Å². The number of fused-ring (bicyclic) bond motifs is 5. The molecule has 0 radical (unpaired) electrons. The normalized spacial score (nSPS) is 16.8. The van der Waals surface area contributed by atoms with Gasteiger partial charge in [0.15, 0.2) is 0 Å². The maximum Gasteiger partial charge on any atom is 0.132 e. The minimum absolute atomic E-state index is 0.0925. The number of hydrogen-bond donors (Lipinski definition) is 0. The molecule has 1 aliphatic rings. The highest BCUT2D eigenvalue weighted by atomic mass is 32.1. The first-order valence-corrected chi connectivity index (χ1v) is 7.22. The predicted octanol–water partition coefficient (Wildman–Crippen LogP) is 4.73. The molecule has 2 aromatic carbocycles. The maximum atomic E-state index is 6.05. The van der Waals surface area contributed by atoms with Crippen LogP contribution in [0.3, 0.4) is 0 Å². The van der Waals surface area contributed by atoms with Gasteiger partial charge in [-0.1, -0.05) is 30.3 Å². The summed E-state index contributed by atoms with van der Waals surface area (Å²) < 4.78 is 6.05. The van der Waals surface area contributed by atoms with E-state index in [0.717, 1.165) is 22.0 Å². The number of nitrogens with zero attached hydrogens (tertiary/aromatic N) is 1. The molecule has 0 amide bonds. The number of benzene rings is 2. The minimum atomic E-state index is 0.0925. The number of hydrogen-bond acceptors (Lipinski definition) is 3. The number of aryl methyl sites for hydroxylation is 1. The summed E-state index contributed by atoms with van der Waals surface area (Å²) in [4.78, 5) is 5.97. The van der Waals surface area contributed by atoms with Gasteiger partial charge in [0.1, 0.15) is 11.9 Å². The molecule has 0 fully saturated rings. The van der Waals surface area contributed by atoms with E-state index in [1.54, 1.807) is 11.3 Å². The summed E-state index contributed by atoms with van der Waals surface area (Å²) in [6.07, 6.45) is 0.0925. The van der Waals surface area contributed by atoms with Gasteiger partial charge in [0.05, 0.1) is 21.1 Å². The summed E-state index contributed by atoms with van der Waals surface area (Å²) in [5, 5.41) is 3.55. The number of thiazole rings is 1. The van der Waals surface area contributed by atoms with Crippen LogP contribution >= 0.6 is 11.3 Å². The highest BCUT2D eigenvalue weighted by molar-refractivity contribution is 7.12. The van der Waals surface area contributed by atoms with Crippen LogP contribution in [0.25, 0.3) is 22.0 Å². The van der Waals surface area contributed by atoms with Gasteiger partial charge in [0.2, 0.25) is 0 Å². The zero-order valence-corrected chi connectivity index (χ0v) is 11.6. The van der Waals surface area contributed by atoms with Gasteiger partial charge in [-0.3, -0.25) is 0 Å². The molecular formula is C16H13NOS. The van der Waals surface area contributed by atoms with Gasteiger partial charge in [0, 0.05) is 0 Å². The van der Waals surface area contributed by atoms with Crippen molar-refractivity contribution >= 4 is 22.1 Å². The van der Waals surface area contributed by atoms with E-state index in [1.165, 1.54) is 15.6 Å². The lowest BCUT2D eigenvalue weighted by Crippen LogP contribution is -2.09. The molecule has 0 bridgehead atoms. The summed E-state index contributed by atoms with van der Waals surface area (Å²) in [5.41, 5.74) is 2.25. The van der Waals surface area contributed by atoms with Crippen molar-refractivity contribution in [2.24, 2.45) is 0 Å². The van der Waals surface area contributed by atoms with Crippen molar-refractivity contribution < 1.29 is 4.74 Å². The van der Waals surface area contributed by atoms with Crippen LogP contribution in [0.5, 0.6) is 5.75 Å². The second-order valence-corrected chi connectivity index (χ2v) is 6.10. The van der Waals surface area contributed by atoms with Crippen LogP contribution in [0.1, 0.15) is 22.9 Å². The topological polar surface area (TPSA) is 22.1 Å². The van der Waals surface area contributed by atoms with Gasteiger partial charge in [-0.2, -0.15) is 0 Å². The van der Waals surface area contributed by atoms with E-state index in [9.17, 15) is 0 Å². The van der Waals surface area contributed by atoms with Gasteiger partial charge in [-0.05, 0) is 30.7 Å². The SMILES string of the molecule is Cc1nc2c(s1)C(C)Oc1ccc3ccccc3c1-2. The standard InChI is InChI=1S/C16H13NOS/c1-9-16-15(17-10(2)19-16)14-12-6-4-3-5-11(12)7-8-13(14)18-9/h3-9H,1-2H3. The minimum Gasteiger partial charge on any atom is -0.484 e. The summed E-state index contributed by atoms with van der Waals surface area (Å²) in [5.74, 6) is 0.948. The summed E-state index contributed by atoms with van der Waals surface area (Å²) in [6.45, 7) is 4.15. The molecule has 1 atom stereocenters. The van der Waals surface area contributed by atoms with E-state index < -0.39 is 0 Å². The Bertz CT molecular complexity index is 791. The smallest absolute Gasteiger partial charge is 0.132 e. The Kier molecular flexibility index (Phi) is 2.21. The highest BCUT2D eigenvalue weighted by Gasteiger charge is 2.28.